The fourth-order valence-corrected chi connectivity index (χ4v) is 2.34. The molecule has 6 nitrogen and oxygen atoms in total. The van der Waals surface area contributed by atoms with E-state index < -0.39 is 0 Å². The standard InChI is InChI=1S/C21H27N3O3/c1-24(2)14-13-22-21(26)18-10-8-17(9-11-18)16-23-20(25)12-15-27-19-6-4-3-5-7-19/h3-11H,12-16H2,1-2H3,(H,22,26)(H,23,25). The van der Waals surface area contributed by atoms with Crippen molar-refractivity contribution < 1.29 is 14.3 Å². The highest BCUT2D eigenvalue weighted by Gasteiger charge is 2.06. The lowest BCUT2D eigenvalue weighted by molar-refractivity contribution is -0.121. The van der Waals surface area contributed by atoms with Gasteiger partial charge in [0.05, 0.1) is 13.0 Å². The van der Waals surface area contributed by atoms with Crippen LogP contribution in [0.2, 0.25) is 0 Å². The molecular weight excluding hydrogens is 342 g/mol. The van der Waals surface area contributed by atoms with Crippen LogP contribution in [-0.2, 0) is 11.3 Å². The minimum absolute atomic E-state index is 0.0727. The second-order valence-corrected chi connectivity index (χ2v) is 6.44. The maximum Gasteiger partial charge on any atom is 0.251 e. The quantitative estimate of drug-likeness (QED) is 0.673. The van der Waals surface area contributed by atoms with E-state index in [1.807, 2.05) is 61.5 Å². The van der Waals surface area contributed by atoms with Crippen molar-refractivity contribution in [1.82, 2.24) is 15.5 Å². The SMILES string of the molecule is CN(C)CCNC(=O)c1ccc(CNC(=O)CCOc2ccccc2)cc1. The Labute approximate surface area is 160 Å². The highest BCUT2D eigenvalue weighted by Crippen LogP contribution is 2.08. The van der Waals surface area contributed by atoms with Gasteiger partial charge in [-0.3, -0.25) is 9.59 Å². The van der Waals surface area contributed by atoms with E-state index in [9.17, 15) is 9.59 Å². The van der Waals surface area contributed by atoms with Crippen LogP contribution in [0.4, 0.5) is 0 Å². The molecule has 0 saturated carbocycles. The highest BCUT2D eigenvalue weighted by molar-refractivity contribution is 5.94. The fraction of sp³-hybridized carbons (Fsp3) is 0.333. The van der Waals surface area contributed by atoms with Gasteiger partial charge < -0.3 is 20.3 Å². The van der Waals surface area contributed by atoms with Crippen LogP contribution in [0.3, 0.4) is 0 Å². The number of nitrogens with zero attached hydrogens (tertiary/aromatic N) is 1. The minimum Gasteiger partial charge on any atom is -0.493 e. The van der Waals surface area contributed by atoms with Gasteiger partial charge in [-0.1, -0.05) is 30.3 Å². The monoisotopic (exact) mass is 369 g/mol. The Morgan fingerprint density at radius 2 is 1.67 bits per heavy atom. The normalized spacial score (nSPS) is 10.5. The van der Waals surface area contributed by atoms with Crippen molar-refractivity contribution >= 4 is 11.8 Å². The summed E-state index contributed by atoms with van der Waals surface area (Å²) in [7, 11) is 3.92. The number of para-hydroxylation sites is 1. The van der Waals surface area contributed by atoms with Crippen LogP contribution in [0.25, 0.3) is 0 Å². The molecule has 144 valence electrons. The second-order valence-electron chi connectivity index (χ2n) is 6.44. The summed E-state index contributed by atoms with van der Waals surface area (Å²) in [4.78, 5) is 25.9. The number of hydrogen-bond acceptors (Lipinski definition) is 4. The van der Waals surface area contributed by atoms with E-state index in [1.165, 1.54) is 0 Å². The predicted molar refractivity (Wildman–Crippen MR) is 106 cm³/mol. The van der Waals surface area contributed by atoms with Crippen molar-refractivity contribution in [1.29, 1.82) is 0 Å². The number of benzene rings is 2. The molecule has 2 N–H and O–H groups in total. The molecule has 0 atom stereocenters. The smallest absolute Gasteiger partial charge is 0.251 e. The molecule has 0 bridgehead atoms. The molecule has 0 aliphatic heterocycles. The van der Waals surface area contributed by atoms with E-state index in [1.54, 1.807) is 12.1 Å². The summed E-state index contributed by atoms with van der Waals surface area (Å²) in [6.07, 6.45) is 0.293. The Kier molecular flexibility index (Phi) is 8.32. The lowest BCUT2D eigenvalue weighted by Crippen LogP contribution is -2.31. The zero-order valence-corrected chi connectivity index (χ0v) is 15.9. The zero-order chi connectivity index (χ0) is 19.5. The van der Waals surface area contributed by atoms with Gasteiger partial charge in [-0.25, -0.2) is 0 Å². The molecule has 0 radical (unpaired) electrons. The summed E-state index contributed by atoms with van der Waals surface area (Å²) in [5.74, 6) is 0.590. The van der Waals surface area contributed by atoms with Gasteiger partial charge in [0.2, 0.25) is 5.91 Å². The highest BCUT2D eigenvalue weighted by atomic mass is 16.5. The van der Waals surface area contributed by atoms with Crippen molar-refractivity contribution in [2.45, 2.75) is 13.0 Å². The number of hydrogen-bond donors (Lipinski definition) is 2. The van der Waals surface area contributed by atoms with Gasteiger partial charge in [-0.05, 0) is 43.9 Å². The van der Waals surface area contributed by atoms with Crippen molar-refractivity contribution in [3.63, 3.8) is 0 Å². The van der Waals surface area contributed by atoms with Crippen molar-refractivity contribution in [3.8, 4) is 5.75 Å². The van der Waals surface area contributed by atoms with Crippen LogP contribution >= 0.6 is 0 Å². The summed E-state index contributed by atoms with van der Waals surface area (Å²) in [5, 5.41) is 5.73. The molecule has 0 saturated heterocycles. The van der Waals surface area contributed by atoms with Gasteiger partial charge in [0.15, 0.2) is 0 Å². The number of ether oxygens (including phenoxy) is 1. The van der Waals surface area contributed by atoms with E-state index in [-0.39, 0.29) is 11.8 Å². The third kappa shape index (κ3) is 7.92. The van der Waals surface area contributed by atoms with Gasteiger partial charge in [-0.15, -0.1) is 0 Å². The Morgan fingerprint density at radius 1 is 0.963 bits per heavy atom. The number of nitrogens with one attached hydrogen (secondary N) is 2. The van der Waals surface area contributed by atoms with E-state index in [2.05, 4.69) is 10.6 Å². The van der Waals surface area contributed by atoms with E-state index in [0.29, 0.717) is 31.7 Å². The van der Waals surface area contributed by atoms with Crippen LogP contribution in [0.5, 0.6) is 5.75 Å². The molecule has 6 heteroatoms. The van der Waals surface area contributed by atoms with Crippen LogP contribution in [-0.4, -0.2) is 50.5 Å². The molecule has 2 aromatic rings. The summed E-state index contributed by atoms with van der Waals surface area (Å²) in [6.45, 7) is 2.16. The van der Waals surface area contributed by atoms with E-state index in [4.69, 9.17) is 4.74 Å². The fourth-order valence-electron chi connectivity index (χ4n) is 2.34. The van der Waals surface area contributed by atoms with Crippen LogP contribution < -0.4 is 15.4 Å². The lowest BCUT2D eigenvalue weighted by Gasteiger charge is -2.11. The molecule has 0 unspecified atom stereocenters. The maximum atomic E-state index is 12.0. The Bertz CT molecular complexity index is 715. The molecule has 0 aliphatic rings. The second kappa shape index (κ2) is 11.0. The molecule has 0 spiro atoms. The van der Waals surface area contributed by atoms with Crippen molar-refractivity contribution in [3.05, 3.63) is 65.7 Å². The van der Waals surface area contributed by atoms with Crippen LogP contribution in [0, 0.1) is 0 Å². The average Bonchev–Trinajstić information content (AvgIpc) is 2.67. The van der Waals surface area contributed by atoms with Gasteiger partial charge in [0, 0.05) is 25.2 Å². The summed E-state index contributed by atoms with van der Waals surface area (Å²) >= 11 is 0. The molecular formula is C21H27N3O3. The number of amides is 2. The number of carbonyl (C=O) groups excluding carboxylic acids is 2. The van der Waals surface area contributed by atoms with E-state index >= 15 is 0 Å². The molecule has 0 heterocycles. The Morgan fingerprint density at radius 3 is 2.33 bits per heavy atom. The molecule has 0 aliphatic carbocycles. The van der Waals surface area contributed by atoms with Gasteiger partial charge >= 0.3 is 0 Å². The van der Waals surface area contributed by atoms with Gasteiger partial charge in [0.25, 0.3) is 5.91 Å². The lowest BCUT2D eigenvalue weighted by atomic mass is 10.1. The third-order valence-electron chi connectivity index (χ3n) is 3.89. The number of rotatable bonds is 10. The Hall–Kier alpha value is -2.86. The van der Waals surface area contributed by atoms with Crippen molar-refractivity contribution in [2.75, 3.05) is 33.8 Å². The predicted octanol–water partition coefficient (Wildman–Crippen LogP) is 2.06. The van der Waals surface area contributed by atoms with Gasteiger partial charge in [-0.2, -0.15) is 0 Å². The molecule has 2 amide bonds. The first kappa shape index (κ1) is 20.5. The van der Waals surface area contributed by atoms with Crippen molar-refractivity contribution in [2.24, 2.45) is 0 Å². The zero-order valence-electron chi connectivity index (χ0n) is 15.9. The minimum atomic E-state index is -0.0921. The topological polar surface area (TPSA) is 70.7 Å². The summed E-state index contributed by atoms with van der Waals surface area (Å²) in [5.41, 5.74) is 1.55. The summed E-state index contributed by atoms with van der Waals surface area (Å²) in [6, 6.07) is 16.6. The first-order chi connectivity index (χ1) is 13.0. The number of carbonyl (C=O) groups is 2. The van der Waals surface area contributed by atoms with Crippen LogP contribution in [0.15, 0.2) is 54.6 Å². The third-order valence-corrected chi connectivity index (χ3v) is 3.89. The van der Waals surface area contributed by atoms with Crippen LogP contribution in [0.1, 0.15) is 22.3 Å². The molecule has 2 aromatic carbocycles. The maximum absolute atomic E-state index is 12.0. The average molecular weight is 369 g/mol. The molecule has 2 rings (SSSR count). The molecule has 0 fully saturated rings. The molecule has 0 aromatic heterocycles. The largest absolute Gasteiger partial charge is 0.493 e. The van der Waals surface area contributed by atoms with Gasteiger partial charge in [0.1, 0.15) is 5.75 Å². The van der Waals surface area contributed by atoms with E-state index in [0.717, 1.165) is 17.9 Å². The summed E-state index contributed by atoms with van der Waals surface area (Å²) < 4.78 is 5.51. The first-order valence-corrected chi connectivity index (χ1v) is 9.01. The first-order valence-electron chi connectivity index (χ1n) is 9.01. The molecule has 27 heavy (non-hydrogen) atoms. The Balaban J connectivity index is 1.68. The number of likely N-dealkylation sites (N-methyl/N-ethyl adjacent to an activating group) is 1.